The van der Waals surface area contributed by atoms with Gasteiger partial charge in [0.1, 0.15) is 34.5 Å². The zero-order chi connectivity index (χ0) is 39.9. The number of aryl methyl sites for hydroxylation is 4. The van der Waals surface area contributed by atoms with E-state index >= 15 is 0 Å². The van der Waals surface area contributed by atoms with Crippen LogP contribution in [0.2, 0.25) is 0 Å². The second kappa shape index (κ2) is 15.5. The van der Waals surface area contributed by atoms with Crippen LogP contribution in [0.1, 0.15) is 129 Å². The first-order valence-corrected chi connectivity index (χ1v) is 18.9. The Balaban J connectivity index is 1.57. The molecule has 0 radical (unpaired) electrons. The number of benzene rings is 6. The molecule has 55 heavy (non-hydrogen) atoms. The van der Waals surface area contributed by atoms with E-state index in [0.717, 1.165) is 77.9 Å². The third kappa shape index (κ3) is 7.86. The van der Waals surface area contributed by atoms with Crippen LogP contribution in [-0.2, 0) is 6.42 Å². The summed E-state index contributed by atoms with van der Waals surface area (Å²) in [5, 5.41) is 65.8. The van der Waals surface area contributed by atoms with Crippen molar-refractivity contribution < 1.29 is 30.6 Å². The molecule has 0 aliphatic rings. The molecule has 6 N–H and O–H groups in total. The van der Waals surface area contributed by atoms with Gasteiger partial charge in [0.2, 0.25) is 0 Å². The Morgan fingerprint density at radius 3 is 0.855 bits per heavy atom. The molecule has 0 aliphatic carbocycles. The average Bonchev–Trinajstić information content (AvgIpc) is 3.13. The predicted molar refractivity (Wildman–Crippen MR) is 220 cm³/mol. The van der Waals surface area contributed by atoms with Gasteiger partial charge in [-0.2, -0.15) is 0 Å². The van der Waals surface area contributed by atoms with Gasteiger partial charge in [0.25, 0.3) is 0 Å². The van der Waals surface area contributed by atoms with Gasteiger partial charge in [0.05, 0.1) is 0 Å². The fourth-order valence-corrected chi connectivity index (χ4v) is 7.79. The molecule has 284 valence electrons. The minimum Gasteiger partial charge on any atom is -0.508 e. The van der Waals surface area contributed by atoms with Gasteiger partial charge in [0, 0.05) is 23.0 Å². The number of phenols is 6. The minimum absolute atomic E-state index is 0.00362. The van der Waals surface area contributed by atoms with Crippen LogP contribution in [0.5, 0.6) is 34.5 Å². The molecule has 6 nitrogen and oxygen atoms in total. The van der Waals surface area contributed by atoms with Crippen LogP contribution < -0.4 is 0 Å². The van der Waals surface area contributed by atoms with Crippen molar-refractivity contribution in [3.05, 3.63) is 175 Å². The monoisotopic (exact) mass is 736 g/mol. The summed E-state index contributed by atoms with van der Waals surface area (Å²) >= 11 is 0. The second-order valence-corrected chi connectivity index (χ2v) is 15.8. The first kappa shape index (κ1) is 38.8. The molecule has 0 amide bonds. The summed E-state index contributed by atoms with van der Waals surface area (Å²) < 4.78 is 0. The Kier molecular flexibility index (Phi) is 10.9. The number of aromatic hydroxyl groups is 6. The first-order valence-electron chi connectivity index (χ1n) is 18.9. The van der Waals surface area contributed by atoms with Crippen LogP contribution >= 0.6 is 0 Å². The lowest BCUT2D eigenvalue weighted by Gasteiger charge is -2.26. The summed E-state index contributed by atoms with van der Waals surface area (Å²) in [7, 11) is 0. The highest BCUT2D eigenvalue weighted by Gasteiger charge is 2.27. The summed E-state index contributed by atoms with van der Waals surface area (Å²) in [6, 6.07) is 30.3. The molecular weight excluding hydrogens is 685 g/mol. The van der Waals surface area contributed by atoms with E-state index in [9.17, 15) is 30.6 Å². The SMILES string of the molecule is Cc1cc(C(c2ccc(O)c(C)c2)c2cc(Cc3cc(C(C)C)c(O)c(C(c4ccc(O)c(C)c4)c4ccc(O)c(C)c4)c3)cc(C(C)C)c2O)ccc1O. The van der Waals surface area contributed by atoms with Crippen LogP contribution in [0, 0.1) is 27.7 Å². The highest BCUT2D eigenvalue weighted by molar-refractivity contribution is 5.59. The zero-order valence-electron chi connectivity index (χ0n) is 32.9. The van der Waals surface area contributed by atoms with E-state index in [1.54, 1.807) is 24.3 Å². The smallest absolute Gasteiger partial charge is 0.123 e. The molecule has 6 aromatic rings. The molecule has 6 aromatic carbocycles. The fraction of sp³-hybridized carbons (Fsp3) is 0.265. The Bertz CT molecular complexity index is 2120. The van der Waals surface area contributed by atoms with E-state index in [0.29, 0.717) is 6.42 Å². The van der Waals surface area contributed by atoms with Gasteiger partial charge >= 0.3 is 0 Å². The molecule has 0 spiro atoms. The largest absolute Gasteiger partial charge is 0.508 e. The predicted octanol–water partition coefficient (Wildman–Crippen LogP) is 11.4. The van der Waals surface area contributed by atoms with Crippen molar-refractivity contribution in [2.24, 2.45) is 0 Å². The van der Waals surface area contributed by atoms with Crippen molar-refractivity contribution in [3.63, 3.8) is 0 Å². The normalized spacial score (nSPS) is 11.7. The summed E-state index contributed by atoms with van der Waals surface area (Å²) in [6.45, 7) is 15.7. The Morgan fingerprint density at radius 2 is 0.618 bits per heavy atom. The topological polar surface area (TPSA) is 121 Å². The summed E-state index contributed by atoms with van der Waals surface area (Å²) in [6.07, 6.45) is 0.506. The molecule has 0 aromatic heterocycles. The number of phenolic OH excluding ortho intramolecular Hbond substituents is 6. The van der Waals surface area contributed by atoms with Crippen molar-refractivity contribution in [2.75, 3.05) is 0 Å². The lowest BCUT2D eigenvalue weighted by Crippen LogP contribution is -2.09. The molecule has 0 bridgehead atoms. The van der Waals surface area contributed by atoms with Crippen molar-refractivity contribution in [3.8, 4) is 34.5 Å². The molecule has 0 aliphatic heterocycles. The van der Waals surface area contributed by atoms with Gasteiger partial charge in [-0.3, -0.25) is 0 Å². The second-order valence-electron chi connectivity index (χ2n) is 15.8. The highest BCUT2D eigenvalue weighted by atomic mass is 16.3. The van der Waals surface area contributed by atoms with Gasteiger partial charge in [-0.05, 0) is 137 Å². The standard InChI is InChI=1S/C49H52O6/c1-26(2)38-22-32(24-40(48(38)54)46(34-9-13-42(50)28(5)17-34)35-10-14-43(51)29(6)18-35)21-33-23-39(27(3)4)49(55)41(25-33)47(36-11-15-44(52)30(7)19-36)37-12-16-45(53)31(8)20-37/h9-20,22-27,46-47,50-55H,21H2,1-8H3. The molecule has 0 saturated heterocycles. The molecule has 0 unspecified atom stereocenters. The van der Waals surface area contributed by atoms with Crippen LogP contribution in [0.4, 0.5) is 0 Å². The maximum Gasteiger partial charge on any atom is 0.123 e. The molecule has 0 atom stereocenters. The van der Waals surface area contributed by atoms with Crippen molar-refractivity contribution in [2.45, 2.75) is 85.5 Å². The average molecular weight is 737 g/mol. The third-order valence-corrected chi connectivity index (χ3v) is 10.9. The van der Waals surface area contributed by atoms with E-state index in [1.807, 2.05) is 76.2 Å². The van der Waals surface area contributed by atoms with Crippen LogP contribution in [0.3, 0.4) is 0 Å². The lowest BCUT2D eigenvalue weighted by atomic mass is 9.79. The van der Waals surface area contributed by atoms with Gasteiger partial charge in [-0.1, -0.05) is 100 Å². The highest BCUT2D eigenvalue weighted by Crippen LogP contribution is 2.45. The molecule has 6 heteroatoms. The molecule has 0 heterocycles. The van der Waals surface area contributed by atoms with E-state index in [-0.39, 0.29) is 46.3 Å². The lowest BCUT2D eigenvalue weighted by molar-refractivity contribution is 0.456. The van der Waals surface area contributed by atoms with Crippen LogP contribution in [-0.4, -0.2) is 30.6 Å². The summed E-state index contributed by atoms with van der Waals surface area (Å²) in [5.74, 6) is 0.382. The van der Waals surface area contributed by atoms with E-state index in [4.69, 9.17) is 0 Å². The third-order valence-electron chi connectivity index (χ3n) is 10.9. The van der Waals surface area contributed by atoms with Gasteiger partial charge in [0.15, 0.2) is 0 Å². The maximum atomic E-state index is 12.0. The number of hydrogen-bond acceptors (Lipinski definition) is 6. The molecule has 6 rings (SSSR count). The van der Waals surface area contributed by atoms with Gasteiger partial charge in [-0.15, -0.1) is 0 Å². The van der Waals surface area contributed by atoms with Crippen molar-refractivity contribution >= 4 is 0 Å². The summed E-state index contributed by atoms with van der Waals surface area (Å²) in [4.78, 5) is 0. The van der Waals surface area contributed by atoms with Crippen LogP contribution in [0.25, 0.3) is 0 Å². The van der Waals surface area contributed by atoms with Crippen molar-refractivity contribution in [1.82, 2.24) is 0 Å². The molecule has 0 fully saturated rings. The van der Waals surface area contributed by atoms with Gasteiger partial charge < -0.3 is 30.6 Å². The Labute approximate surface area is 324 Å². The fourth-order valence-electron chi connectivity index (χ4n) is 7.79. The van der Waals surface area contributed by atoms with Gasteiger partial charge in [-0.25, -0.2) is 0 Å². The quantitative estimate of drug-likeness (QED) is 0.0779. The number of rotatable bonds is 10. The van der Waals surface area contributed by atoms with E-state index < -0.39 is 11.8 Å². The molecule has 0 saturated carbocycles. The van der Waals surface area contributed by atoms with E-state index in [1.165, 1.54) is 0 Å². The summed E-state index contributed by atoms with van der Waals surface area (Å²) in [5.41, 5.74) is 11.5. The minimum atomic E-state index is -0.405. The number of hydrogen-bond donors (Lipinski definition) is 6. The van der Waals surface area contributed by atoms with Crippen LogP contribution in [0.15, 0.2) is 97.1 Å². The zero-order valence-corrected chi connectivity index (χ0v) is 32.9. The van der Waals surface area contributed by atoms with E-state index in [2.05, 4.69) is 52.0 Å². The Hall–Kier alpha value is -5.88. The Morgan fingerprint density at radius 1 is 0.364 bits per heavy atom. The maximum absolute atomic E-state index is 12.0. The first-order chi connectivity index (χ1) is 26.0. The van der Waals surface area contributed by atoms with Crippen molar-refractivity contribution in [1.29, 1.82) is 0 Å². The molecular formula is C49H52O6.